The number of rotatable bonds is 5. The molecule has 0 heterocycles. The van der Waals surface area contributed by atoms with Gasteiger partial charge in [0.05, 0.1) is 5.88 Å². The fourth-order valence-corrected chi connectivity index (χ4v) is 1.41. The Labute approximate surface area is 102 Å². The van der Waals surface area contributed by atoms with Gasteiger partial charge in [-0.05, 0) is 5.56 Å². The van der Waals surface area contributed by atoms with Crippen LogP contribution in [0.4, 0.5) is 0 Å². The number of hydrogen-bond donors (Lipinski definition) is 3. The van der Waals surface area contributed by atoms with Crippen molar-refractivity contribution in [2.75, 3.05) is 5.88 Å². The summed E-state index contributed by atoms with van der Waals surface area (Å²) in [6.45, 7) is 0. The molecule has 0 radical (unpaired) electrons. The van der Waals surface area contributed by atoms with Gasteiger partial charge in [0.15, 0.2) is 11.9 Å². The highest BCUT2D eigenvalue weighted by atomic mass is 35.5. The number of carbonyl (C=O) groups is 2. The van der Waals surface area contributed by atoms with Crippen molar-refractivity contribution in [2.45, 2.75) is 12.2 Å². The topological polar surface area (TPSA) is 94.8 Å². The van der Waals surface area contributed by atoms with Crippen LogP contribution in [0.15, 0.2) is 24.3 Å². The van der Waals surface area contributed by atoms with E-state index < -0.39 is 18.2 Å². The Hall–Kier alpha value is -1.43. The quantitative estimate of drug-likeness (QED) is 0.531. The summed E-state index contributed by atoms with van der Waals surface area (Å²) < 4.78 is 0. The molecule has 0 saturated heterocycles. The number of aliphatic carboxylic acids is 1. The molecule has 1 rings (SSSR count). The summed E-state index contributed by atoms with van der Waals surface area (Å²) in [5.41, 5.74) is 0.576. The van der Waals surface area contributed by atoms with Gasteiger partial charge in [-0.15, -0.1) is 11.6 Å². The van der Waals surface area contributed by atoms with Crippen molar-refractivity contribution in [3.05, 3.63) is 35.4 Å². The number of alkyl halides is 1. The molecule has 3 N–H and O–H groups in total. The van der Waals surface area contributed by atoms with E-state index in [0.717, 1.165) is 0 Å². The zero-order valence-electron chi connectivity index (χ0n) is 8.71. The molecule has 0 bridgehead atoms. The van der Waals surface area contributed by atoms with Gasteiger partial charge in [-0.2, -0.15) is 0 Å². The van der Waals surface area contributed by atoms with E-state index in [9.17, 15) is 14.7 Å². The summed E-state index contributed by atoms with van der Waals surface area (Å²) in [4.78, 5) is 21.7. The minimum absolute atomic E-state index is 0.153. The molecule has 0 fully saturated rings. The van der Waals surface area contributed by atoms with Gasteiger partial charge in [-0.1, -0.05) is 24.3 Å². The SMILES string of the molecule is O=C(CCl)c1ccc(C(O)C(O)C(=O)O)cc1. The van der Waals surface area contributed by atoms with Crippen LogP contribution in [0.3, 0.4) is 0 Å². The molecule has 17 heavy (non-hydrogen) atoms. The van der Waals surface area contributed by atoms with E-state index in [1.54, 1.807) is 0 Å². The van der Waals surface area contributed by atoms with Crippen molar-refractivity contribution in [2.24, 2.45) is 0 Å². The molecule has 0 amide bonds. The van der Waals surface area contributed by atoms with E-state index in [4.69, 9.17) is 21.8 Å². The van der Waals surface area contributed by atoms with Crippen LogP contribution in [0, 0.1) is 0 Å². The van der Waals surface area contributed by atoms with Crippen LogP contribution >= 0.6 is 11.6 Å². The smallest absolute Gasteiger partial charge is 0.335 e. The molecule has 1 aromatic rings. The lowest BCUT2D eigenvalue weighted by atomic mass is 10.0. The highest BCUT2D eigenvalue weighted by Gasteiger charge is 2.24. The standard InChI is InChI=1S/C11H11ClO5/c12-5-8(13)6-1-3-7(4-2-6)9(14)10(15)11(16)17/h1-4,9-10,14-15H,5H2,(H,16,17). The molecule has 2 unspecified atom stereocenters. The Morgan fingerprint density at radius 1 is 1.18 bits per heavy atom. The largest absolute Gasteiger partial charge is 0.479 e. The first kappa shape index (κ1) is 13.6. The van der Waals surface area contributed by atoms with Gasteiger partial charge in [0.2, 0.25) is 0 Å². The number of Topliss-reactive ketones (excluding diaryl/α,β-unsaturated/α-hetero) is 1. The number of carboxylic acids is 1. The maximum atomic E-state index is 11.2. The van der Waals surface area contributed by atoms with Crippen molar-refractivity contribution >= 4 is 23.4 Å². The first-order valence-electron chi connectivity index (χ1n) is 4.75. The third-order valence-electron chi connectivity index (χ3n) is 2.25. The van der Waals surface area contributed by atoms with Crippen molar-refractivity contribution in [1.29, 1.82) is 0 Å². The summed E-state index contributed by atoms with van der Waals surface area (Å²) >= 11 is 5.36. The number of hydrogen-bond acceptors (Lipinski definition) is 4. The molecule has 0 saturated carbocycles. The predicted molar refractivity (Wildman–Crippen MR) is 60.1 cm³/mol. The molecule has 0 aliphatic heterocycles. The molecular weight excluding hydrogens is 248 g/mol. The zero-order chi connectivity index (χ0) is 13.0. The van der Waals surface area contributed by atoms with Crippen LogP contribution in [0.1, 0.15) is 22.0 Å². The Bertz CT molecular complexity index is 414. The van der Waals surface area contributed by atoms with E-state index >= 15 is 0 Å². The Balaban J connectivity index is 2.87. The normalized spacial score (nSPS) is 14.1. The number of carboxylic acid groups (broad SMARTS) is 1. The average Bonchev–Trinajstić information content (AvgIpc) is 2.36. The second-order valence-electron chi connectivity index (χ2n) is 3.41. The Morgan fingerprint density at radius 3 is 2.12 bits per heavy atom. The first-order valence-corrected chi connectivity index (χ1v) is 5.29. The van der Waals surface area contributed by atoms with Crippen LogP contribution < -0.4 is 0 Å². The van der Waals surface area contributed by atoms with Gasteiger partial charge in [0.25, 0.3) is 0 Å². The number of aliphatic hydroxyl groups is 2. The minimum atomic E-state index is -1.90. The van der Waals surface area contributed by atoms with Crippen LogP contribution in [-0.2, 0) is 4.79 Å². The number of halogens is 1. The molecule has 5 nitrogen and oxygen atoms in total. The lowest BCUT2D eigenvalue weighted by Gasteiger charge is -2.14. The summed E-state index contributed by atoms with van der Waals surface area (Å²) in [7, 11) is 0. The monoisotopic (exact) mass is 258 g/mol. The fraction of sp³-hybridized carbons (Fsp3) is 0.273. The molecule has 6 heteroatoms. The number of aliphatic hydroxyl groups excluding tert-OH is 2. The van der Waals surface area contributed by atoms with Crippen molar-refractivity contribution in [3.8, 4) is 0 Å². The Kier molecular flexibility index (Phi) is 4.62. The molecule has 92 valence electrons. The summed E-state index contributed by atoms with van der Waals surface area (Å²) in [6, 6.07) is 5.57. The van der Waals surface area contributed by atoms with E-state index in [2.05, 4.69) is 0 Å². The Morgan fingerprint density at radius 2 is 1.71 bits per heavy atom. The van der Waals surface area contributed by atoms with Crippen molar-refractivity contribution in [3.63, 3.8) is 0 Å². The second-order valence-corrected chi connectivity index (χ2v) is 3.67. The molecule has 2 atom stereocenters. The molecule has 0 spiro atoms. The molecule has 0 aromatic heterocycles. The van der Waals surface area contributed by atoms with Crippen molar-refractivity contribution < 1.29 is 24.9 Å². The van der Waals surface area contributed by atoms with Crippen molar-refractivity contribution in [1.82, 2.24) is 0 Å². The predicted octanol–water partition coefficient (Wildman–Crippen LogP) is 0.587. The van der Waals surface area contributed by atoms with E-state index in [-0.39, 0.29) is 17.2 Å². The molecule has 0 aliphatic carbocycles. The van der Waals surface area contributed by atoms with Crippen LogP contribution in [0.25, 0.3) is 0 Å². The number of carbonyl (C=O) groups excluding carboxylic acids is 1. The summed E-state index contributed by atoms with van der Waals surface area (Å²) in [5.74, 6) is -1.94. The highest BCUT2D eigenvalue weighted by molar-refractivity contribution is 6.30. The summed E-state index contributed by atoms with van der Waals surface area (Å²) in [5, 5.41) is 27.2. The van der Waals surface area contributed by atoms with Crippen LogP contribution in [0.5, 0.6) is 0 Å². The lowest BCUT2D eigenvalue weighted by Crippen LogP contribution is -2.27. The van der Waals surface area contributed by atoms with Gasteiger partial charge in [-0.3, -0.25) is 4.79 Å². The van der Waals surface area contributed by atoms with Gasteiger partial charge in [-0.25, -0.2) is 4.79 Å². The maximum Gasteiger partial charge on any atom is 0.335 e. The maximum absolute atomic E-state index is 11.2. The number of benzene rings is 1. The molecular formula is C11H11ClO5. The van der Waals surface area contributed by atoms with Crippen LogP contribution in [0.2, 0.25) is 0 Å². The van der Waals surface area contributed by atoms with E-state index in [0.29, 0.717) is 5.56 Å². The van der Waals surface area contributed by atoms with Gasteiger partial charge >= 0.3 is 5.97 Å². The highest BCUT2D eigenvalue weighted by Crippen LogP contribution is 2.18. The summed E-state index contributed by atoms with van der Waals surface area (Å²) in [6.07, 6.45) is -3.43. The second kappa shape index (κ2) is 5.77. The lowest BCUT2D eigenvalue weighted by molar-refractivity contribution is -0.153. The first-order chi connectivity index (χ1) is 7.97. The molecule has 1 aromatic carbocycles. The van der Waals surface area contributed by atoms with Gasteiger partial charge in [0, 0.05) is 5.56 Å². The third-order valence-corrected chi connectivity index (χ3v) is 2.49. The van der Waals surface area contributed by atoms with E-state index in [1.807, 2.05) is 0 Å². The van der Waals surface area contributed by atoms with Crippen LogP contribution in [-0.4, -0.2) is 39.1 Å². The third kappa shape index (κ3) is 3.26. The minimum Gasteiger partial charge on any atom is -0.479 e. The fourth-order valence-electron chi connectivity index (χ4n) is 1.26. The van der Waals surface area contributed by atoms with Gasteiger partial charge < -0.3 is 15.3 Å². The van der Waals surface area contributed by atoms with Gasteiger partial charge in [0.1, 0.15) is 6.10 Å². The average molecular weight is 259 g/mol. The number of ketones is 1. The zero-order valence-corrected chi connectivity index (χ0v) is 9.46. The molecule has 0 aliphatic rings. The van der Waals surface area contributed by atoms with E-state index in [1.165, 1.54) is 24.3 Å².